The number of likely N-dealkylation sites (tertiary alicyclic amines) is 1. The van der Waals surface area contributed by atoms with Gasteiger partial charge < -0.3 is 15.4 Å². The van der Waals surface area contributed by atoms with Crippen molar-refractivity contribution in [2.24, 2.45) is 10.1 Å². The summed E-state index contributed by atoms with van der Waals surface area (Å²) in [6.07, 6.45) is 3.11. The fourth-order valence-corrected chi connectivity index (χ4v) is 4.49. The maximum atomic E-state index is 13.5. The maximum absolute atomic E-state index is 13.5. The zero-order valence-corrected chi connectivity index (χ0v) is 19.5. The van der Waals surface area contributed by atoms with Crippen molar-refractivity contribution in [3.8, 4) is 0 Å². The second-order valence-corrected chi connectivity index (χ2v) is 9.09. The van der Waals surface area contributed by atoms with Crippen molar-refractivity contribution in [3.05, 3.63) is 58.0 Å². The first-order valence-electron chi connectivity index (χ1n) is 11.3. The summed E-state index contributed by atoms with van der Waals surface area (Å²) in [6, 6.07) is 6.21. The highest BCUT2D eigenvalue weighted by Crippen LogP contribution is 2.30. The first kappa shape index (κ1) is 24.6. The van der Waals surface area contributed by atoms with Crippen LogP contribution in [0.3, 0.4) is 0 Å². The van der Waals surface area contributed by atoms with E-state index in [4.69, 9.17) is 11.6 Å². The van der Waals surface area contributed by atoms with E-state index in [0.717, 1.165) is 48.5 Å². The van der Waals surface area contributed by atoms with Gasteiger partial charge in [0, 0.05) is 81.4 Å². The summed E-state index contributed by atoms with van der Waals surface area (Å²) in [5.74, 6) is -2.40. The molecular weight excluding hydrogens is 467 g/mol. The van der Waals surface area contributed by atoms with Gasteiger partial charge in [-0.05, 0) is 30.2 Å². The third-order valence-electron chi connectivity index (χ3n) is 6.25. The summed E-state index contributed by atoms with van der Waals surface area (Å²) >= 11 is 5.88. The number of benzene rings is 1. The molecule has 2 aromatic rings. The van der Waals surface area contributed by atoms with Crippen LogP contribution in [0.2, 0.25) is 5.02 Å². The van der Waals surface area contributed by atoms with Crippen molar-refractivity contribution < 1.29 is 18.4 Å². The Bertz CT molecular complexity index is 1080. The van der Waals surface area contributed by atoms with Crippen molar-refractivity contribution in [2.45, 2.75) is 38.0 Å². The number of nitrogens with one attached hydrogen (secondary N) is 1. The van der Waals surface area contributed by atoms with Gasteiger partial charge in [-0.15, -0.1) is 0 Å². The highest BCUT2D eigenvalue weighted by Gasteiger charge is 2.33. The molecule has 1 fully saturated rings. The van der Waals surface area contributed by atoms with Crippen LogP contribution in [0.15, 0.2) is 40.6 Å². The van der Waals surface area contributed by atoms with E-state index in [1.165, 1.54) is 12.1 Å². The van der Waals surface area contributed by atoms with Gasteiger partial charge in [0.05, 0.1) is 10.7 Å². The van der Waals surface area contributed by atoms with Crippen LogP contribution in [0.5, 0.6) is 0 Å². The molecule has 6 nitrogen and oxygen atoms in total. The van der Waals surface area contributed by atoms with Crippen LogP contribution in [-0.2, 0) is 12.8 Å². The molecule has 1 aromatic carbocycles. The lowest BCUT2D eigenvalue weighted by Crippen LogP contribution is -2.42. The smallest absolute Gasteiger partial charge is 0.250 e. The van der Waals surface area contributed by atoms with E-state index in [1.807, 2.05) is 0 Å². The van der Waals surface area contributed by atoms with E-state index in [0.29, 0.717) is 31.0 Å². The molecule has 0 atom stereocenters. The van der Waals surface area contributed by atoms with E-state index < -0.39 is 11.7 Å². The number of rotatable bonds is 9. The number of oxime groups is 1. The van der Waals surface area contributed by atoms with Crippen LogP contribution in [-0.4, -0.2) is 65.2 Å². The third-order valence-corrected chi connectivity index (χ3v) is 6.54. The van der Waals surface area contributed by atoms with Gasteiger partial charge in [-0.25, -0.2) is 23.1 Å². The lowest BCUT2D eigenvalue weighted by Gasteiger charge is -2.31. The van der Waals surface area contributed by atoms with Crippen LogP contribution >= 0.6 is 11.6 Å². The summed E-state index contributed by atoms with van der Waals surface area (Å²) in [5.41, 5.74) is 3.78. The van der Waals surface area contributed by atoms with Crippen LogP contribution in [0, 0.1) is 5.82 Å². The van der Waals surface area contributed by atoms with Crippen molar-refractivity contribution in [1.82, 2.24) is 15.2 Å². The molecule has 0 aliphatic carbocycles. The summed E-state index contributed by atoms with van der Waals surface area (Å²) < 4.78 is 40.0. The maximum Gasteiger partial charge on any atom is 0.250 e. The molecule has 0 spiro atoms. The molecule has 0 bridgehead atoms. The molecule has 3 heterocycles. The molecule has 1 saturated heterocycles. The zero-order chi connectivity index (χ0) is 24.1. The van der Waals surface area contributed by atoms with Crippen LogP contribution in [0.25, 0.3) is 0 Å². The number of alkyl halides is 2. The van der Waals surface area contributed by atoms with Crippen LogP contribution < -0.4 is 5.32 Å². The number of halogens is 4. The standard InChI is InChI=1S/C24H27ClF3N5O/c25-20-13-16(1-2-21(20)26)14-22(32-34)18-4-8-30-23-19(18)15-17(31-23)3-7-29-9-12-33-10-5-24(27,28)6-11-33/h1-2,4,8,13,29,34H,3,5-7,9-12,14-15H2/b32-22+. The fourth-order valence-electron chi connectivity index (χ4n) is 4.29. The Morgan fingerprint density at radius 2 is 2.00 bits per heavy atom. The van der Waals surface area contributed by atoms with Gasteiger partial charge in [-0.2, -0.15) is 0 Å². The molecule has 4 rings (SSSR count). The normalized spacial score (nSPS) is 18.1. The molecule has 182 valence electrons. The largest absolute Gasteiger partial charge is 0.411 e. The number of aliphatic imine (C=N–C) groups is 1. The van der Waals surface area contributed by atoms with Crippen molar-refractivity contribution in [3.63, 3.8) is 0 Å². The Kier molecular flexibility index (Phi) is 7.85. The SMILES string of the molecule is O/N=C(\Cc1ccc(F)c(Cl)c1)c1ccnc2c1CC(CCNCCN1CCC(F)(F)CC1)=N2. The van der Waals surface area contributed by atoms with Crippen molar-refractivity contribution in [2.75, 3.05) is 32.7 Å². The summed E-state index contributed by atoms with van der Waals surface area (Å²) in [6.45, 7) is 3.07. The monoisotopic (exact) mass is 493 g/mol. The average Bonchev–Trinajstić information content (AvgIpc) is 3.24. The van der Waals surface area contributed by atoms with Crippen molar-refractivity contribution in [1.29, 1.82) is 0 Å². The molecule has 0 amide bonds. The highest BCUT2D eigenvalue weighted by molar-refractivity contribution is 6.30. The Hall–Kier alpha value is -2.49. The molecule has 2 aliphatic rings. The molecule has 0 unspecified atom stereocenters. The number of fused-ring (bicyclic) bond motifs is 1. The lowest BCUT2D eigenvalue weighted by molar-refractivity contribution is -0.0547. The van der Waals surface area contributed by atoms with E-state index in [-0.39, 0.29) is 24.3 Å². The van der Waals surface area contributed by atoms with E-state index in [9.17, 15) is 18.4 Å². The molecule has 0 radical (unpaired) electrons. The lowest BCUT2D eigenvalue weighted by atomic mass is 9.96. The Morgan fingerprint density at radius 1 is 1.21 bits per heavy atom. The molecule has 2 N–H and O–H groups in total. The van der Waals surface area contributed by atoms with Gasteiger partial charge in [-0.1, -0.05) is 22.8 Å². The minimum Gasteiger partial charge on any atom is -0.411 e. The Morgan fingerprint density at radius 3 is 2.74 bits per heavy atom. The van der Waals surface area contributed by atoms with Gasteiger partial charge >= 0.3 is 0 Å². The average molecular weight is 494 g/mol. The zero-order valence-electron chi connectivity index (χ0n) is 18.7. The second kappa shape index (κ2) is 10.8. The summed E-state index contributed by atoms with van der Waals surface area (Å²) in [4.78, 5) is 11.0. The van der Waals surface area contributed by atoms with Gasteiger partial charge in [-0.3, -0.25) is 0 Å². The van der Waals surface area contributed by atoms with E-state index in [1.54, 1.807) is 18.3 Å². The third kappa shape index (κ3) is 6.14. The van der Waals surface area contributed by atoms with Gasteiger partial charge in [0.2, 0.25) is 0 Å². The minimum atomic E-state index is -2.51. The molecule has 0 saturated carbocycles. The van der Waals surface area contributed by atoms with Gasteiger partial charge in [0.1, 0.15) is 5.82 Å². The first-order chi connectivity index (χ1) is 16.3. The number of nitrogens with zero attached hydrogens (tertiary/aromatic N) is 4. The van der Waals surface area contributed by atoms with Gasteiger partial charge in [0.15, 0.2) is 5.82 Å². The highest BCUT2D eigenvalue weighted by atomic mass is 35.5. The molecule has 1 aromatic heterocycles. The number of piperidine rings is 1. The first-order valence-corrected chi connectivity index (χ1v) is 11.7. The second-order valence-electron chi connectivity index (χ2n) is 8.69. The van der Waals surface area contributed by atoms with E-state index in [2.05, 4.69) is 25.3 Å². The summed E-state index contributed by atoms with van der Waals surface area (Å²) in [5, 5.41) is 16.5. The fraction of sp³-hybridized carbons (Fsp3) is 0.458. The quantitative estimate of drug-likeness (QED) is 0.231. The molecule has 34 heavy (non-hydrogen) atoms. The molecular formula is C24H27ClF3N5O. The van der Waals surface area contributed by atoms with Crippen LogP contribution in [0.1, 0.15) is 36.0 Å². The molecule has 2 aliphatic heterocycles. The van der Waals surface area contributed by atoms with Crippen molar-refractivity contribution >= 4 is 28.8 Å². The Labute approximate surface area is 201 Å². The topological polar surface area (TPSA) is 73.1 Å². The minimum absolute atomic E-state index is 0.0195. The predicted molar refractivity (Wildman–Crippen MR) is 127 cm³/mol. The number of hydrogen-bond donors (Lipinski definition) is 2. The number of hydrogen-bond acceptors (Lipinski definition) is 6. The predicted octanol–water partition coefficient (Wildman–Crippen LogP) is 4.63. The molecule has 10 heteroatoms. The number of aromatic nitrogens is 1. The number of pyridine rings is 1. The summed E-state index contributed by atoms with van der Waals surface area (Å²) in [7, 11) is 0. The van der Waals surface area contributed by atoms with E-state index >= 15 is 0 Å². The van der Waals surface area contributed by atoms with Crippen LogP contribution in [0.4, 0.5) is 19.0 Å². The Balaban J connectivity index is 1.28. The van der Waals surface area contributed by atoms with Gasteiger partial charge in [0.25, 0.3) is 5.92 Å².